The largest absolute Gasteiger partial charge is 0.497 e. The van der Waals surface area contributed by atoms with E-state index in [0.717, 1.165) is 11.3 Å². The standard InChI is InChI=1S/C12H12ClNO2.ClH/c1-14-7-8(6-13)12(15)10-4-3-9(16-2)5-11(10)14;/h3-5,7H,6H2,1-2H3;1H. The molecule has 1 heterocycles. The average molecular weight is 274 g/mol. The molecule has 0 saturated heterocycles. The Labute approximate surface area is 110 Å². The molecule has 0 atom stereocenters. The molecule has 0 amide bonds. The lowest BCUT2D eigenvalue weighted by Gasteiger charge is -2.08. The van der Waals surface area contributed by atoms with Gasteiger partial charge in [-0.25, -0.2) is 0 Å². The molecule has 2 rings (SSSR count). The molecule has 0 fully saturated rings. The lowest BCUT2D eigenvalue weighted by molar-refractivity contribution is 0.415. The number of rotatable bonds is 2. The first-order chi connectivity index (χ1) is 7.67. The molecule has 1 aromatic heterocycles. The molecule has 0 bridgehead atoms. The number of halogens is 2. The van der Waals surface area contributed by atoms with Gasteiger partial charge in [0.05, 0.1) is 18.5 Å². The summed E-state index contributed by atoms with van der Waals surface area (Å²) in [6, 6.07) is 5.39. The van der Waals surface area contributed by atoms with Crippen molar-refractivity contribution in [2.75, 3.05) is 7.11 Å². The van der Waals surface area contributed by atoms with E-state index in [1.54, 1.807) is 25.4 Å². The van der Waals surface area contributed by atoms with Crippen molar-refractivity contribution in [3.8, 4) is 5.75 Å². The Morgan fingerprint density at radius 2 is 2.12 bits per heavy atom. The summed E-state index contributed by atoms with van der Waals surface area (Å²) in [5.74, 6) is 0.968. The highest BCUT2D eigenvalue weighted by Gasteiger charge is 2.07. The summed E-state index contributed by atoms with van der Waals surface area (Å²) < 4.78 is 7.02. The SMILES string of the molecule is COc1ccc2c(=O)c(CCl)cn(C)c2c1.Cl. The first kappa shape index (κ1) is 13.9. The van der Waals surface area contributed by atoms with Crippen molar-refractivity contribution in [1.82, 2.24) is 4.57 Å². The Kier molecular flexibility index (Phi) is 4.43. The third-order valence-electron chi connectivity index (χ3n) is 2.61. The summed E-state index contributed by atoms with van der Waals surface area (Å²) in [7, 11) is 3.49. The monoisotopic (exact) mass is 273 g/mol. The quantitative estimate of drug-likeness (QED) is 0.788. The number of aromatic nitrogens is 1. The smallest absolute Gasteiger partial charge is 0.193 e. The van der Waals surface area contributed by atoms with E-state index in [1.807, 2.05) is 17.7 Å². The topological polar surface area (TPSA) is 31.2 Å². The number of benzene rings is 1. The summed E-state index contributed by atoms with van der Waals surface area (Å²) in [6.07, 6.45) is 1.76. The van der Waals surface area contributed by atoms with Crippen molar-refractivity contribution in [1.29, 1.82) is 0 Å². The van der Waals surface area contributed by atoms with Crippen LogP contribution in [0.4, 0.5) is 0 Å². The van der Waals surface area contributed by atoms with Crippen molar-refractivity contribution in [3.63, 3.8) is 0 Å². The van der Waals surface area contributed by atoms with Crippen molar-refractivity contribution in [2.45, 2.75) is 5.88 Å². The molecular formula is C12H13Cl2NO2. The van der Waals surface area contributed by atoms with Crippen LogP contribution in [0.2, 0.25) is 0 Å². The number of nitrogens with zero attached hydrogens (tertiary/aromatic N) is 1. The number of hydrogen-bond acceptors (Lipinski definition) is 2. The Balaban J connectivity index is 0.00000144. The zero-order valence-electron chi connectivity index (χ0n) is 9.57. The molecule has 92 valence electrons. The number of fused-ring (bicyclic) bond motifs is 1. The maximum atomic E-state index is 12.0. The predicted molar refractivity (Wildman–Crippen MR) is 72.5 cm³/mol. The molecule has 0 radical (unpaired) electrons. The summed E-state index contributed by atoms with van der Waals surface area (Å²) in [4.78, 5) is 12.0. The number of methoxy groups -OCH3 is 1. The van der Waals surface area contributed by atoms with Crippen LogP contribution in [-0.4, -0.2) is 11.7 Å². The van der Waals surface area contributed by atoms with Crippen molar-refractivity contribution < 1.29 is 4.74 Å². The van der Waals surface area contributed by atoms with Gasteiger partial charge in [0.25, 0.3) is 0 Å². The van der Waals surface area contributed by atoms with Gasteiger partial charge in [-0.05, 0) is 12.1 Å². The van der Waals surface area contributed by atoms with Crippen molar-refractivity contribution >= 4 is 34.9 Å². The molecule has 0 unspecified atom stereocenters. The van der Waals surface area contributed by atoms with Gasteiger partial charge in [0, 0.05) is 30.3 Å². The van der Waals surface area contributed by atoms with E-state index in [2.05, 4.69) is 0 Å². The van der Waals surface area contributed by atoms with Crippen LogP contribution in [0.25, 0.3) is 10.9 Å². The average Bonchev–Trinajstić information content (AvgIpc) is 2.33. The van der Waals surface area contributed by atoms with Gasteiger partial charge in [0.2, 0.25) is 0 Å². The van der Waals surface area contributed by atoms with Crippen LogP contribution in [0.1, 0.15) is 5.56 Å². The zero-order valence-corrected chi connectivity index (χ0v) is 11.1. The van der Waals surface area contributed by atoms with E-state index in [4.69, 9.17) is 16.3 Å². The summed E-state index contributed by atoms with van der Waals surface area (Å²) in [5, 5.41) is 0.668. The van der Waals surface area contributed by atoms with Crippen LogP contribution in [0.15, 0.2) is 29.2 Å². The fourth-order valence-corrected chi connectivity index (χ4v) is 1.94. The van der Waals surface area contributed by atoms with E-state index in [-0.39, 0.29) is 23.7 Å². The summed E-state index contributed by atoms with van der Waals surface area (Å²) >= 11 is 5.73. The van der Waals surface area contributed by atoms with Crippen LogP contribution in [0.3, 0.4) is 0 Å². The van der Waals surface area contributed by atoms with Gasteiger partial charge < -0.3 is 9.30 Å². The van der Waals surface area contributed by atoms with Crippen LogP contribution in [0, 0.1) is 0 Å². The van der Waals surface area contributed by atoms with E-state index >= 15 is 0 Å². The molecular weight excluding hydrogens is 261 g/mol. The highest BCUT2D eigenvalue weighted by molar-refractivity contribution is 6.17. The van der Waals surface area contributed by atoms with Crippen molar-refractivity contribution in [2.24, 2.45) is 7.05 Å². The van der Waals surface area contributed by atoms with Gasteiger partial charge in [-0.3, -0.25) is 4.79 Å². The normalized spacial score (nSPS) is 10.1. The van der Waals surface area contributed by atoms with E-state index < -0.39 is 0 Å². The number of hydrogen-bond donors (Lipinski definition) is 0. The minimum Gasteiger partial charge on any atom is -0.497 e. The molecule has 1 aromatic carbocycles. The van der Waals surface area contributed by atoms with E-state index in [0.29, 0.717) is 10.9 Å². The number of aryl methyl sites for hydroxylation is 1. The Bertz CT molecular complexity index is 593. The predicted octanol–water partition coefficient (Wildman–Crippen LogP) is 2.71. The Morgan fingerprint density at radius 1 is 1.41 bits per heavy atom. The van der Waals surface area contributed by atoms with Crippen LogP contribution in [-0.2, 0) is 12.9 Å². The minimum absolute atomic E-state index is 0. The lowest BCUT2D eigenvalue weighted by atomic mass is 10.1. The first-order valence-electron chi connectivity index (χ1n) is 4.89. The van der Waals surface area contributed by atoms with Crippen LogP contribution >= 0.6 is 24.0 Å². The fraction of sp³-hybridized carbons (Fsp3) is 0.250. The highest BCUT2D eigenvalue weighted by atomic mass is 35.5. The number of pyridine rings is 1. The second-order valence-electron chi connectivity index (χ2n) is 3.61. The molecule has 17 heavy (non-hydrogen) atoms. The van der Waals surface area contributed by atoms with E-state index in [1.165, 1.54) is 0 Å². The summed E-state index contributed by atoms with van der Waals surface area (Å²) in [6.45, 7) is 0. The third-order valence-corrected chi connectivity index (χ3v) is 2.90. The molecule has 2 aromatic rings. The fourth-order valence-electron chi connectivity index (χ4n) is 1.75. The first-order valence-corrected chi connectivity index (χ1v) is 5.43. The molecule has 5 heteroatoms. The maximum absolute atomic E-state index is 12.0. The zero-order chi connectivity index (χ0) is 11.7. The van der Waals surface area contributed by atoms with Gasteiger partial charge in [-0.2, -0.15) is 0 Å². The molecule has 0 saturated carbocycles. The van der Waals surface area contributed by atoms with Gasteiger partial charge in [-0.1, -0.05) is 0 Å². The lowest BCUT2D eigenvalue weighted by Crippen LogP contribution is -2.12. The van der Waals surface area contributed by atoms with Crippen LogP contribution < -0.4 is 10.2 Å². The molecule has 3 nitrogen and oxygen atoms in total. The third kappa shape index (κ3) is 2.40. The maximum Gasteiger partial charge on any atom is 0.193 e. The molecule has 0 aliphatic heterocycles. The number of ether oxygens (including phenoxy) is 1. The second kappa shape index (κ2) is 5.43. The van der Waals surface area contributed by atoms with Gasteiger partial charge in [-0.15, -0.1) is 24.0 Å². The molecule has 0 aliphatic rings. The van der Waals surface area contributed by atoms with Crippen molar-refractivity contribution in [3.05, 3.63) is 40.2 Å². The highest BCUT2D eigenvalue weighted by Crippen LogP contribution is 2.18. The summed E-state index contributed by atoms with van der Waals surface area (Å²) in [5.41, 5.74) is 1.45. The molecule has 0 aliphatic carbocycles. The van der Waals surface area contributed by atoms with Gasteiger partial charge >= 0.3 is 0 Å². The van der Waals surface area contributed by atoms with Gasteiger partial charge in [0.15, 0.2) is 5.43 Å². The van der Waals surface area contributed by atoms with E-state index in [9.17, 15) is 4.79 Å². The minimum atomic E-state index is -0.00856. The van der Waals surface area contributed by atoms with Crippen LogP contribution in [0.5, 0.6) is 5.75 Å². The molecule has 0 N–H and O–H groups in total. The number of alkyl halides is 1. The molecule has 0 spiro atoms. The van der Waals surface area contributed by atoms with Gasteiger partial charge in [0.1, 0.15) is 5.75 Å². The second-order valence-corrected chi connectivity index (χ2v) is 3.88. The Hall–Kier alpha value is -1.19. The Morgan fingerprint density at radius 3 is 2.71 bits per heavy atom.